The number of aromatic nitrogens is 3. The first-order valence-electron chi connectivity index (χ1n) is 3.94. The van der Waals surface area contributed by atoms with Crippen molar-refractivity contribution in [3.05, 3.63) is 27.9 Å². The molecule has 0 fully saturated rings. The Morgan fingerprint density at radius 1 is 1.64 bits per heavy atom. The molecule has 2 heterocycles. The van der Waals surface area contributed by atoms with E-state index in [1.54, 1.807) is 18.0 Å². The standard InChI is InChI=1S/C8H8ClN3OS/c1-13-7-2-10-12(4-7)3-6-5-14-8(9)11-6/h2,4-5H,3H2,1H3. The van der Waals surface area contributed by atoms with E-state index in [1.165, 1.54) is 11.3 Å². The predicted octanol–water partition coefficient (Wildman–Crippen LogP) is 2.05. The van der Waals surface area contributed by atoms with Gasteiger partial charge < -0.3 is 4.74 Å². The predicted molar refractivity (Wildman–Crippen MR) is 55.0 cm³/mol. The number of rotatable bonds is 3. The molecular formula is C8H8ClN3OS. The Morgan fingerprint density at radius 2 is 2.50 bits per heavy atom. The van der Waals surface area contributed by atoms with Crippen LogP contribution in [0.4, 0.5) is 0 Å². The molecule has 74 valence electrons. The van der Waals surface area contributed by atoms with Gasteiger partial charge in [-0.15, -0.1) is 11.3 Å². The van der Waals surface area contributed by atoms with Gasteiger partial charge in [-0.05, 0) is 0 Å². The summed E-state index contributed by atoms with van der Waals surface area (Å²) in [6, 6.07) is 0. The summed E-state index contributed by atoms with van der Waals surface area (Å²) in [7, 11) is 1.61. The molecule has 0 aliphatic rings. The molecule has 0 saturated heterocycles. The van der Waals surface area contributed by atoms with E-state index in [2.05, 4.69) is 10.1 Å². The summed E-state index contributed by atoms with van der Waals surface area (Å²) in [6.45, 7) is 0.618. The smallest absolute Gasteiger partial charge is 0.183 e. The summed E-state index contributed by atoms with van der Waals surface area (Å²) >= 11 is 7.13. The summed E-state index contributed by atoms with van der Waals surface area (Å²) in [5.41, 5.74) is 0.908. The Hall–Kier alpha value is -1.07. The van der Waals surface area contributed by atoms with E-state index < -0.39 is 0 Å². The zero-order chi connectivity index (χ0) is 9.97. The fraction of sp³-hybridized carbons (Fsp3) is 0.250. The van der Waals surface area contributed by atoms with Gasteiger partial charge in [-0.25, -0.2) is 4.98 Å². The first-order chi connectivity index (χ1) is 6.78. The zero-order valence-corrected chi connectivity index (χ0v) is 9.05. The van der Waals surface area contributed by atoms with E-state index in [1.807, 2.05) is 11.6 Å². The van der Waals surface area contributed by atoms with Gasteiger partial charge in [0.2, 0.25) is 0 Å². The minimum Gasteiger partial charge on any atom is -0.493 e. The van der Waals surface area contributed by atoms with E-state index in [4.69, 9.17) is 16.3 Å². The molecule has 0 saturated carbocycles. The average molecular weight is 230 g/mol. The topological polar surface area (TPSA) is 39.9 Å². The summed E-state index contributed by atoms with van der Waals surface area (Å²) in [6.07, 6.45) is 3.47. The van der Waals surface area contributed by atoms with Crippen molar-refractivity contribution in [1.82, 2.24) is 14.8 Å². The van der Waals surface area contributed by atoms with E-state index in [-0.39, 0.29) is 0 Å². The number of thiazole rings is 1. The molecule has 0 N–H and O–H groups in total. The molecule has 0 aliphatic carbocycles. The highest BCUT2D eigenvalue weighted by Gasteiger charge is 2.02. The fourth-order valence-electron chi connectivity index (χ4n) is 1.06. The van der Waals surface area contributed by atoms with Crippen molar-refractivity contribution in [2.24, 2.45) is 0 Å². The molecule has 0 radical (unpaired) electrons. The van der Waals surface area contributed by atoms with E-state index in [0.29, 0.717) is 11.0 Å². The molecule has 0 spiro atoms. The Balaban J connectivity index is 2.10. The van der Waals surface area contributed by atoms with Gasteiger partial charge in [-0.3, -0.25) is 4.68 Å². The molecule has 2 rings (SSSR count). The van der Waals surface area contributed by atoms with Crippen LogP contribution in [0.5, 0.6) is 5.75 Å². The van der Waals surface area contributed by atoms with Crippen LogP contribution >= 0.6 is 22.9 Å². The number of halogens is 1. The lowest BCUT2D eigenvalue weighted by Crippen LogP contribution is -1.99. The fourth-order valence-corrected chi connectivity index (χ4v) is 1.83. The van der Waals surface area contributed by atoms with Crippen LogP contribution in [-0.2, 0) is 6.54 Å². The second-order valence-electron chi connectivity index (χ2n) is 2.67. The van der Waals surface area contributed by atoms with Crippen molar-refractivity contribution in [3.8, 4) is 5.75 Å². The lowest BCUT2D eigenvalue weighted by molar-refractivity contribution is 0.414. The summed E-state index contributed by atoms with van der Waals surface area (Å²) in [5.74, 6) is 0.742. The largest absolute Gasteiger partial charge is 0.493 e. The number of ether oxygens (including phenoxy) is 1. The molecule has 14 heavy (non-hydrogen) atoms. The van der Waals surface area contributed by atoms with E-state index >= 15 is 0 Å². The van der Waals surface area contributed by atoms with Gasteiger partial charge in [0.25, 0.3) is 0 Å². The Bertz CT molecular complexity index is 426. The van der Waals surface area contributed by atoms with Crippen molar-refractivity contribution in [2.45, 2.75) is 6.54 Å². The molecule has 0 aromatic carbocycles. The van der Waals surface area contributed by atoms with Gasteiger partial charge in [-0.1, -0.05) is 11.6 Å². The number of methoxy groups -OCH3 is 1. The molecule has 6 heteroatoms. The molecule has 0 aliphatic heterocycles. The van der Waals surface area contributed by atoms with Crippen LogP contribution in [0.3, 0.4) is 0 Å². The van der Waals surface area contributed by atoms with Crippen molar-refractivity contribution in [3.63, 3.8) is 0 Å². The zero-order valence-electron chi connectivity index (χ0n) is 7.48. The van der Waals surface area contributed by atoms with Gasteiger partial charge in [0.15, 0.2) is 10.2 Å². The molecule has 0 unspecified atom stereocenters. The Morgan fingerprint density at radius 3 is 3.07 bits per heavy atom. The summed E-state index contributed by atoms with van der Waals surface area (Å²) in [4.78, 5) is 4.12. The van der Waals surface area contributed by atoms with Crippen LogP contribution in [-0.4, -0.2) is 21.9 Å². The average Bonchev–Trinajstić information content (AvgIpc) is 2.76. The molecule has 4 nitrogen and oxygen atoms in total. The second kappa shape index (κ2) is 3.98. The third-order valence-corrected chi connectivity index (χ3v) is 2.72. The van der Waals surface area contributed by atoms with Crippen LogP contribution in [0.1, 0.15) is 5.69 Å². The minimum absolute atomic E-state index is 0.555. The van der Waals surface area contributed by atoms with Gasteiger partial charge in [0, 0.05) is 5.38 Å². The maximum Gasteiger partial charge on any atom is 0.183 e. The lowest BCUT2D eigenvalue weighted by atomic mass is 10.5. The van der Waals surface area contributed by atoms with Gasteiger partial charge in [-0.2, -0.15) is 5.10 Å². The maximum absolute atomic E-state index is 5.71. The highest BCUT2D eigenvalue weighted by atomic mass is 35.5. The Labute approximate surface area is 90.1 Å². The van der Waals surface area contributed by atoms with Gasteiger partial charge >= 0.3 is 0 Å². The van der Waals surface area contributed by atoms with E-state index in [9.17, 15) is 0 Å². The molecule has 2 aromatic heterocycles. The van der Waals surface area contributed by atoms with Crippen LogP contribution < -0.4 is 4.74 Å². The SMILES string of the molecule is COc1cnn(Cc2csc(Cl)n2)c1. The maximum atomic E-state index is 5.71. The van der Waals surface area contributed by atoms with Gasteiger partial charge in [0.05, 0.1) is 31.7 Å². The number of nitrogens with zero attached hydrogens (tertiary/aromatic N) is 3. The van der Waals surface area contributed by atoms with Gasteiger partial charge in [0.1, 0.15) is 0 Å². The second-order valence-corrected chi connectivity index (χ2v) is 4.11. The third kappa shape index (κ3) is 2.05. The first kappa shape index (κ1) is 9.48. The van der Waals surface area contributed by atoms with Crippen LogP contribution in [0.25, 0.3) is 0 Å². The van der Waals surface area contributed by atoms with Crippen LogP contribution in [0.15, 0.2) is 17.8 Å². The quantitative estimate of drug-likeness (QED) is 0.809. The summed E-state index contributed by atoms with van der Waals surface area (Å²) in [5, 5.41) is 6.02. The van der Waals surface area contributed by atoms with Crippen molar-refractivity contribution < 1.29 is 4.74 Å². The highest BCUT2D eigenvalue weighted by molar-refractivity contribution is 7.13. The van der Waals surface area contributed by atoms with Crippen LogP contribution in [0, 0.1) is 0 Å². The van der Waals surface area contributed by atoms with Crippen molar-refractivity contribution >= 4 is 22.9 Å². The number of hydrogen-bond donors (Lipinski definition) is 0. The molecule has 0 bridgehead atoms. The monoisotopic (exact) mass is 229 g/mol. The highest BCUT2D eigenvalue weighted by Crippen LogP contribution is 2.16. The van der Waals surface area contributed by atoms with Crippen molar-refractivity contribution in [1.29, 1.82) is 0 Å². The number of hydrogen-bond acceptors (Lipinski definition) is 4. The van der Waals surface area contributed by atoms with E-state index in [0.717, 1.165) is 11.4 Å². The van der Waals surface area contributed by atoms with Crippen molar-refractivity contribution in [2.75, 3.05) is 7.11 Å². The molecular weight excluding hydrogens is 222 g/mol. The normalized spacial score (nSPS) is 10.4. The molecule has 0 atom stereocenters. The minimum atomic E-state index is 0.555. The Kier molecular flexibility index (Phi) is 2.69. The first-order valence-corrected chi connectivity index (χ1v) is 5.20. The van der Waals surface area contributed by atoms with Crippen LogP contribution in [0.2, 0.25) is 4.47 Å². The third-order valence-electron chi connectivity index (χ3n) is 1.69. The lowest BCUT2D eigenvalue weighted by Gasteiger charge is -1.95. The molecule has 0 amide bonds. The molecule has 2 aromatic rings. The summed E-state index contributed by atoms with van der Waals surface area (Å²) < 4.78 is 7.32.